The summed E-state index contributed by atoms with van der Waals surface area (Å²) in [4.78, 5) is 0. The van der Waals surface area contributed by atoms with Crippen LogP contribution in [0.2, 0.25) is 0 Å². The predicted octanol–water partition coefficient (Wildman–Crippen LogP) is 6.06. The molecular weight excluding hydrogens is 290 g/mol. The molecule has 4 aromatic carbocycles. The number of rotatable bonds is 2. The molecule has 4 rings (SSSR count). The van der Waals surface area contributed by atoms with Gasteiger partial charge in [0, 0.05) is 5.56 Å². The minimum atomic E-state index is 0.689. The second kappa shape index (κ2) is 6.02. The fourth-order valence-corrected chi connectivity index (χ4v) is 3.18. The first-order valence-corrected chi connectivity index (χ1v) is 7.94. The largest absolute Gasteiger partial charge is 0.192 e. The Morgan fingerprint density at radius 3 is 1.83 bits per heavy atom. The quantitative estimate of drug-likeness (QED) is 0.251. The lowest BCUT2D eigenvalue weighted by Gasteiger charge is -2.11. The van der Waals surface area contributed by atoms with Crippen molar-refractivity contribution in [3.8, 4) is 6.07 Å². The standard InChI is InChI=1S/C23H15N/c24-16-20(14-17-8-2-1-3-9-17)23-21-12-6-4-10-18(21)15-19-11-5-7-13-22(19)23/h1-15H. The van der Waals surface area contributed by atoms with Crippen LogP contribution in [-0.4, -0.2) is 0 Å². The molecule has 4 aromatic rings. The van der Waals surface area contributed by atoms with Crippen LogP contribution in [0.3, 0.4) is 0 Å². The van der Waals surface area contributed by atoms with Crippen molar-refractivity contribution in [2.75, 3.05) is 0 Å². The molecule has 1 heteroatoms. The fourth-order valence-electron chi connectivity index (χ4n) is 3.18. The molecule has 0 bridgehead atoms. The van der Waals surface area contributed by atoms with E-state index < -0.39 is 0 Å². The predicted molar refractivity (Wildman–Crippen MR) is 101 cm³/mol. The topological polar surface area (TPSA) is 23.8 Å². The molecule has 0 saturated heterocycles. The molecule has 24 heavy (non-hydrogen) atoms. The molecule has 0 aromatic heterocycles. The van der Waals surface area contributed by atoms with Gasteiger partial charge in [-0.25, -0.2) is 0 Å². The summed E-state index contributed by atoms with van der Waals surface area (Å²) in [5, 5.41) is 14.4. The SMILES string of the molecule is N#CC(=Cc1ccccc1)c1c2ccccc2cc2ccccc12. The molecule has 0 amide bonds. The molecule has 0 heterocycles. The summed E-state index contributed by atoms with van der Waals surface area (Å²) in [5.41, 5.74) is 2.73. The Bertz CT molecular complexity index is 1050. The molecule has 0 aliphatic heterocycles. The highest BCUT2D eigenvalue weighted by atomic mass is 14.3. The normalized spacial score (nSPS) is 11.5. The molecule has 0 atom stereocenters. The maximum absolute atomic E-state index is 9.84. The minimum Gasteiger partial charge on any atom is -0.192 e. The Morgan fingerprint density at radius 1 is 0.708 bits per heavy atom. The molecule has 0 unspecified atom stereocenters. The zero-order valence-electron chi connectivity index (χ0n) is 13.1. The fraction of sp³-hybridized carbons (Fsp3) is 0. The monoisotopic (exact) mass is 305 g/mol. The van der Waals surface area contributed by atoms with Crippen LogP contribution < -0.4 is 0 Å². The Labute approximate surface area is 141 Å². The minimum absolute atomic E-state index is 0.689. The van der Waals surface area contributed by atoms with Crippen molar-refractivity contribution in [3.05, 3.63) is 96.1 Å². The summed E-state index contributed by atoms with van der Waals surface area (Å²) >= 11 is 0. The van der Waals surface area contributed by atoms with Gasteiger partial charge in [-0.05, 0) is 39.3 Å². The third-order valence-corrected chi connectivity index (χ3v) is 4.27. The van der Waals surface area contributed by atoms with Crippen LogP contribution in [0.1, 0.15) is 11.1 Å². The summed E-state index contributed by atoms with van der Waals surface area (Å²) in [6.45, 7) is 0. The summed E-state index contributed by atoms with van der Waals surface area (Å²) < 4.78 is 0. The smallest absolute Gasteiger partial charge is 0.0998 e. The molecule has 0 radical (unpaired) electrons. The van der Waals surface area contributed by atoms with Gasteiger partial charge in [0.25, 0.3) is 0 Å². The van der Waals surface area contributed by atoms with Gasteiger partial charge in [-0.1, -0.05) is 78.9 Å². The second-order valence-corrected chi connectivity index (χ2v) is 5.77. The highest BCUT2D eigenvalue weighted by Gasteiger charge is 2.11. The average Bonchev–Trinajstić information content (AvgIpc) is 2.65. The van der Waals surface area contributed by atoms with Crippen LogP contribution in [0.4, 0.5) is 0 Å². The Balaban J connectivity index is 2.09. The van der Waals surface area contributed by atoms with Gasteiger partial charge in [0.2, 0.25) is 0 Å². The van der Waals surface area contributed by atoms with Crippen LogP contribution in [0, 0.1) is 11.3 Å². The van der Waals surface area contributed by atoms with E-state index >= 15 is 0 Å². The molecule has 0 N–H and O–H groups in total. The number of nitriles is 1. The summed E-state index contributed by atoms with van der Waals surface area (Å²) in [6, 6.07) is 31.1. The summed E-state index contributed by atoms with van der Waals surface area (Å²) in [6.07, 6.45) is 1.97. The van der Waals surface area contributed by atoms with E-state index in [9.17, 15) is 5.26 Å². The van der Waals surface area contributed by atoms with Crippen LogP contribution in [0.15, 0.2) is 84.9 Å². The van der Waals surface area contributed by atoms with Crippen LogP contribution in [0.25, 0.3) is 33.2 Å². The number of hydrogen-bond donors (Lipinski definition) is 0. The lowest BCUT2D eigenvalue weighted by Crippen LogP contribution is -1.89. The molecule has 112 valence electrons. The van der Waals surface area contributed by atoms with Gasteiger partial charge in [0.1, 0.15) is 0 Å². The zero-order chi connectivity index (χ0) is 16.4. The molecule has 0 aliphatic rings. The van der Waals surface area contributed by atoms with E-state index in [1.807, 2.05) is 60.7 Å². The van der Waals surface area contributed by atoms with Gasteiger partial charge >= 0.3 is 0 Å². The lowest BCUT2D eigenvalue weighted by molar-refractivity contribution is 1.53. The van der Waals surface area contributed by atoms with Gasteiger partial charge in [-0.3, -0.25) is 0 Å². The summed E-state index contributed by atoms with van der Waals surface area (Å²) in [7, 11) is 0. The van der Waals surface area contributed by atoms with Crippen molar-refractivity contribution in [2.24, 2.45) is 0 Å². The highest BCUT2D eigenvalue weighted by Crippen LogP contribution is 2.34. The van der Waals surface area contributed by atoms with Crippen molar-refractivity contribution in [2.45, 2.75) is 0 Å². The van der Waals surface area contributed by atoms with Crippen molar-refractivity contribution < 1.29 is 0 Å². The number of hydrogen-bond acceptors (Lipinski definition) is 1. The third-order valence-electron chi connectivity index (χ3n) is 4.27. The van der Waals surface area contributed by atoms with E-state index in [0.717, 1.165) is 32.7 Å². The van der Waals surface area contributed by atoms with Gasteiger partial charge < -0.3 is 0 Å². The van der Waals surface area contributed by atoms with Crippen molar-refractivity contribution in [1.82, 2.24) is 0 Å². The maximum atomic E-state index is 9.84. The summed E-state index contributed by atoms with van der Waals surface area (Å²) in [5.74, 6) is 0. The van der Waals surface area contributed by atoms with E-state index in [2.05, 4.69) is 36.4 Å². The number of fused-ring (bicyclic) bond motifs is 2. The molecule has 0 saturated carbocycles. The van der Waals surface area contributed by atoms with Crippen LogP contribution >= 0.6 is 0 Å². The Hall–Kier alpha value is -3.37. The van der Waals surface area contributed by atoms with Crippen LogP contribution in [-0.2, 0) is 0 Å². The van der Waals surface area contributed by atoms with E-state index in [1.165, 1.54) is 0 Å². The first-order valence-electron chi connectivity index (χ1n) is 7.94. The molecule has 0 aliphatic carbocycles. The van der Waals surface area contributed by atoms with E-state index in [1.54, 1.807) is 0 Å². The molecule has 1 nitrogen and oxygen atoms in total. The van der Waals surface area contributed by atoms with Crippen molar-refractivity contribution in [3.63, 3.8) is 0 Å². The Morgan fingerprint density at radius 2 is 1.25 bits per heavy atom. The van der Waals surface area contributed by atoms with Crippen molar-refractivity contribution in [1.29, 1.82) is 5.26 Å². The van der Waals surface area contributed by atoms with Gasteiger partial charge in [0.05, 0.1) is 11.6 Å². The lowest BCUT2D eigenvalue weighted by atomic mass is 9.91. The zero-order valence-corrected chi connectivity index (χ0v) is 13.1. The first-order chi connectivity index (χ1) is 11.9. The second-order valence-electron chi connectivity index (χ2n) is 5.77. The molecule has 0 fully saturated rings. The average molecular weight is 305 g/mol. The number of allylic oxidation sites excluding steroid dienone is 1. The van der Waals surface area contributed by atoms with Gasteiger partial charge in [-0.15, -0.1) is 0 Å². The van der Waals surface area contributed by atoms with Gasteiger partial charge in [0.15, 0.2) is 0 Å². The maximum Gasteiger partial charge on any atom is 0.0998 e. The van der Waals surface area contributed by atoms with E-state index in [-0.39, 0.29) is 0 Å². The first kappa shape index (κ1) is 14.2. The molecular formula is C23H15N. The number of nitrogens with zero attached hydrogens (tertiary/aromatic N) is 1. The van der Waals surface area contributed by atoms with E-state index in [4.69, 9.17) is 0 Å². The third kappa shape index (κ3) is 2.45. The van der Waals surface area contributed by atoms with E-state index in [0.29, 0.717) is 5.57 Å². The van der Waals surface area contributed by atoms with Crippen molar-refractivity contribution >= 4 is 33.2 Å². The van der Waals surface area contributed by atoms with Gasteiger partial charge in [-0.2, -0.15) is 5.26 Å². The van der Waals surface area contributed by atoms with Crippen LogP contribution in [0.5, 0.6) is 0 Å². The highest BCUT2D eigenvalue weighted by molar-refractivity contribution is 6.13. The Kier molecular flexibility index (Phi) is 3.57. The number of benzene rings is 4. The molecule has 0 spiro atoms.